The minimum Gasteiger partial charge on any atom is -0.469 e. The van der Waals surface area contributed by atoms with Crippen LogP contribution in [0.3, 0.4) is 0 Å². The Morgan fingerprint density at radius 3 is 2.40 bits per heavy atom. The van der Waals surface area contributed by atoms with E-state index in [0.29, 0.717) is 11.4 Å². The van der Waals surface area contributed by atoms with Gasteiger partial charge in [-0.05, 0) is 52.8 Å². The Morgan fingerprint density at radius 1 is 1.28 bits per heavy atom. The zero-order chi connectivity index (χ0) is 18.6. The molecule has 0 saturated heterocycles. The smallest absolute Gasteiger partial charge is 0.218 e. The van der Waals surface area contributed by atoms with Gasteiger partial charge in [0.2, 0.25) is 5.88 Å². The lowest BCUT2D eigenvalue weighted by atomic mass is 9.85. The van der Waals surface area contributed by atoms with Gasteiger partial charge in [-0.3, -0.25) is 9.69 Å². The van der Waals surface area contributed by atoms with Crippen LogP contribution in [0.1, 0.15) is 82.3 Å². The number of pyridine rings is 1. The summed E-state index contributed by atoms with van der Waals surface area (Å²) < 4.78 is 5.96. The fourth-order valence-corrected chi connectivity index (χ4v) is 3.33. The van der Waals surface area contributed by atoms with Gasteiger partial charge in [0.1, 0.15) is 11.7 Å². The van der Waals surface area contributed by atoms with Crippen LogP contribution in [0.25, 0.3) is 0 Å². The average molecular weight is 348 g/mol. The molecule has 1 aromatic heterocycles. The molecule has 1 aromatic rings. The number of unbranched alkanes of at least 4 members (excludes halogenated alkanes) is 2. The lowest BCUT2D eigenvalue weighted by Gasteiger charge is -2.46. The predicted octanol–water partition coefficient (Wildman–Crippen LogP) is 3.76. The van der Waals surface area contributed by atoms with Crippen LogP contribution in [-0.2, 0) is 0 Å². The first-order valence-corrected chi connectivity index (χ1v) is 9.43. The predicted molar refractivity (Wildman–Crippen MR) is 99.1 cm³/mol. The van der Waals surface area contributed by atoms with Crippen molar-refractivity contribution in [3.63, 3.8) is 0 Å². The molecule has 5 heteroatoms. The number of fused-ring (bicyclic) bond motifs is 1. The third-order valence-corrected chi connectivity index (χ3v) is 4.97. The molecule has 0 aliphatic carbocycles. The zero-order valence-corrected chi connectivity index (χ0v) is 16.2. The highest BCUT2D eigenvalue weighted by Crippen LogP contribution is 2.42. The van der Waals surface area contributed by atoms with Crippen molar-refractivity contribution in [1.82, 2.24) is 9.88 Å². The van der Waals surface area contributed by atoms with E-state index in [1.54, 1.807) is 6.20 Å². The zero-order valence-electron chi connectivity index (χ0n) is 16.2. The molecule has 0 amide bonds. The van der Waals surface area contributed by atoms with Gasteiger partial charge in [-0.25, -0.2) is 4.98 Å². The first kappa shape index (κ1) is 19.9. The summed E-state index contributed by atoms with van der Waals surface area (Å²) in [5, 5.41) is 11.1. The van der Waals surface area contributed by atoms with E-state index in [1.807, 2.05) is 19.9 Å². The first-order chi connectivity index (χ1) is 11.8. The number of hydrogen-bond donors (Lipinski definition) is 1. The van der Waals surface area contributed by atoms with Crippen molar-refractivity contribution in [3.05, 3.63) is 23.4 Å². The number of nitrogens with zero attached hydrogens (tertiary/aromatic N) is 2. The molecule has 1 N–H and O–H groups in total. The Kier molecular flexibility index (Phi) is 6.58. The summed E-state index contributed by atoms with van der Waals surface area (Å²) in [5.74, 6) is 0.505. The average Bonchev–Trinajstić information content (AvgIpc) is 2.56. The summed E-state index contributed by atoms with van der Waals surface area (Å²) in [6.45, 7) is 11.5. The number of carbonyl (C=O) groups excluding carboxylic acids is 1. The van der Waals surface area contributed by atoms with Gasteiger partial charge < -0.3 is 9.84 Å². The van der Waals surface area contributed by atoms with Gasteiger partial charge in [-0.15, -0.1) is 0 Å². The summed E-state index contributed by atoms with van der Waals surface area (Å²) in [7, 11) is 0. The maximum atomic E-state index is 11.8. The molecule has 0 bridgehead atoms. The van der Waals surface area contributed by atoms with Crippen molar-refractivity contribution in [2.45, 2.75) is 78.0 Å². The Bertz CT molecular complexity index is 593. The number of aromatic nitrogens is 1. The van der Waals surface area contributed by atoms with Crippen LogP contribution in [0.2, 0.25) is 0 Å². The molecule has 0 aromatic carbocycles. The number of hydrogen-bond acceptors (Lipinski definition) is 5. The Hall–Kier alpha value is -1.46. The number of carbonyl (C=O) groups is 1. The normalized spacial score (nSPS) is 21.7. The topological polar surface area (TPSA) is 62.7 Å². The fraction of sp³-hybridized carbons (Fsp3) is 0.700. The highest BCUT2D eigenvalue weighted by atomic mass is 16.5. The van der Waals surface area contributed by atoms with Crippen molar-refractivity contribution in [2.75, 3.05) is 13.1 Å². The van der Waals surface area contributed by atoms with E-state index < -0.39 is 11.7 Å². The van der Waals surface area contributed by atoms with E-state index in [2.05, 4.69) is 23.7 Å². The van der Waals surface area contributed by atoms with Crippen LogP contribution in [0.5, 0.6) is 5.88 Å². The Balaban J connectivity index is 2.47. The minimum absolute atomic E-state index is 0.0259. The molecule has 2 heterocycles. The Morgan fingerprint density at radius 2 is 1.88 bits per heavy atom. The number of Topliss-reactive ketones (excluding diaryl/α,β-unsaturated/α-hetero) is 1. The molecule has 0 saturated carbocycles. The second kappa shape index (κ2) is 8.28. The largest absolute Gasteiger partial charge is 0.469 e. The first-order valence-electron chi connectivity index (χ1n) is 9.43. The number of aliphatic hydroxyl groups excluding tert-OH is 1. The summed E-state index contributed by atoms with van der Waals surface area (Å²) in [6.07, 6.45) is 5.23. The summed E-state index contributed by atoms with van der Waals surface area (Å²) in [4.78, 5) is 18.5. The molecular formula is C20H32N2O3. The van der Waals surface area contributed by atoms with Crippen LogP contribution in [0, 0.1) is 0 Å². The molecule has 0 unspecified atom stereocenters. The van der Waals surface area contributed by atoms with Crippen LogP contribution < -0.4 is 4.74 Å². The van der Waals surface area contributed by atoms with Gasteiger partial charge in [-0.1, -0.05) is 26.7 Å². The summed E-state index contributed by atoms with van der Waals surface area (Å²) in [6, 6.07) is 1.64. The standard InChI is InChI=1S/C20H32N2O3/c1-6-8-10-22(11-9-7-2)17-16-12-15(14(3)23)13-21-19(16)25-20(4,5)18(17)24/h12-13,17-18,24H,6-11H2,1-5H3/t17-,18+/m1/s1. The minimum atomic E-state index is -0.723. The van der Waals surface area contributed by atoms with Gasteiger partial charge in [-0.2, -0.15) is 0 Å². The lowest BCUT2D eigenvalue weighted by molar-refractivity contribution is -0.0963. The lowest BCUT2D eigenvalue weighted by Crippen LogP contribution is -2.54. The van der Waals surface area contributed by atoms with Crippen molar-refractivity contribution < 1.29 is 14.6 Å². The number of ketones is 1. The van der Waals surface area contributed by atoms with E-state index in [-0.39, 0.29) is 11.8 Å². The molecule has 2 atom stereocenters. The second-order valence-electron chi connectivity index (χ2n) is 7.51. The maximum absolute atomic E-state index is 11.8. The monoisotopic (exact) mass is 348 g/mol. The van der Waals surface area contributed by atoms with Crippen LogP contribution in [0.4, 0.5) is 0 Å². The summed E-state index contributed by atoms with van der Waals surface area (Å²) in [5.41, 5.74) is 0.663. The molecule has 2 rings (SSSR count). The number of ether oxygens (including phenoxy) is 1. The maximum Gasteiger partial charge on any atom is 0.218 e. The molecule has 25 heavy (non-hydrogen) atoms. The van der Waals surface area contributed by atoms with Crippen LogP contribution >= 0.6 is 0 Å². The van der Waals surface area contributed by atoms with E-state index in [0.717, 1.165) is 44.3 Å². The van der Waals surface area contributed by atoms with Crippen molar-refractivity contribution >= 4 is 5.78 Å². The van der Waals surface area contributed by atoms with Crippen LogP contribution in [0.15, 0.2) is 12.3 Å². The molecule has 140 valence electrons. The van der Waals surface area contributed by atoms with Gasteiger partial charge >= 0.3 is 0 Å². The van der Waals surface area contributed by atoms with E-state index in [1.165, 1.54) is 6.92 Å². The molecule has 5 nitrogen and oxygen atoms in total. The summed E-state index contributed by atoms with van der Waals surface area (Å²) >= 11 is 0. The third-order valence-electron chi connectivity index (χ3n) is 4.97. The van der Waals surface area contributed by atoms with E-state index in [9.17, 15) is 9.90 Å². The number of rotatable bonds is 8. The molecule has 0 spiro atoms. The number of aliphatic hydroxyl groups is 1. The van der Waals surface area contributed by atoms with Gasteiger partial charge in [0.25, 0.3) is 0 Å². The van der Waals surface area contributed by atoms with E-state index >= 15 is 0 Å². The fourth-order valence-electron chi connectivity index (χ4n) is 3.33. The molecule has 1 aliphatic heterocycles. The molecule has 0 radical (unpaired) electrons. The second-order valence-corrected chi connectivity index (χ2v) is 7.51. The highest BCUT2D eigenvalue weighted by Gasteiger charge is 2.46. The highest BCUT2D eigenvalue weighted by molar-refractivity contribution is 5.94. The SMILES string of the molecule is CCCCN(CCCC)[C@@H]1c2cc(C(C)=O)cnc2OC(C)(C)[C@H]1O. The third kappa shape index (κ3) is 4.39. The molecule has 0 fully saturated rings. The molecular weight excluding hydrogens is 316 g/mol. The molecule has 1 aliphatic rings. The van der Waals surface area contributed by atoms with Crippen LogP contribution in [-0.4, -0.2) is 45.6 Å². The van der Waals surface area contributed by atoms with Gasteiger partial charge in [0.15, 0.2) is 5.78 Å². The van der Waals surface area contributed by atoms with Crippen molar-refractivity contribution in [1.29, 1.82) is 0 Å². The van der Waals surface area contributed by atoms with Crippen molar-refractivity contribution in [2.24, 2.45) is 0 Å². The van der Waals surface area contributed by atoms with E-state index in [4.69, 9.17) is 4.74 Å². The van der Waals surface area contributed by atoms with Gasteiger partial charge in [0.05, 0.1) is 6.04 Å². The van der Waals surface area contributed by atoms with Gasteiger partial charge in [0, 0.05) is 17.3 Å². The quantitative estimate of drug-likeness (QED) is 0.725. The van der Waals surface area contributed by atoms with Crippen molar-refractivity contribution in [3.8, 4) is 5.88 Å². The Labute approximate surface area is 151 Å².